The largest absolute Gasteiger partial charge is 0.325 e. The maximum atomic E-state index is 12.5. The molecular formula is C19H25N3OS. The number of thioether (sulfide) groups is 1. The van der Waals surface area contributed by atoms with Crippen molar-refractivity contribution in [3.8, 4) is 0 Å². The van der Waals surface area contributed by atoms with Crippen molar-refractivity contribution in [1.29, 1.82) is 0 Å². The second-order valence-corrected chi connectivity index (χ2v) is 8.57. The molecule has 1 aromatic heterocycles. The third-order valence-electron chi connectivity index (χ3n) is 4.26. The summed E-state index contributed by atoms with van der Waals surface area (Å²) in [5.74, 6) is 0.789. The number of carbonyl (C=O) groups is 1. The van der Waals surface area contributed by atoms with Crippen LogP contribution in [-0.2, 0) is 4.79 Å². The van der Waals surface area contributed by atoms with Crippen LogP contribution in [0.25, 0.3) is 10.9 Å². The number of hydrogen-bond acceptors (Lipinski definition) is 4. The molecule has 1 aliphatic rings. The molecule has 2 aromatic rings. The fraction of sp³-hybridized carbons (Fsp3) is 0.474. The molecule has 0 N–H and O–H groups in total. The van der Waals surface area contributed by atoms with E-state index in [-0.39, 0.29) is 16.7 Å². The van der Waals surface area contributed by atoms with Gasteiger partial charge in [0.1, 0.15) is 5.37 Å². The van der Waals surface area contributed by atoms with Crippen LogP contribution in [0.3, 0.4) is 0 Å². The number of para-hydroxylation sites is 1. The van der Waals surface area contributed by atoms with Crippen LogP contribution in [0.4, 0.5) is 0 Å². The Balaban J connectivity index is 1.93. The van der Waals surface area contributed by atoms with Crippen molar-refractivity contribution in [2.75, 3.05) is 32.9 Å². The van der Waals surface area contributed by atoms with Crippen LogP contribution in [0.1, 0.15) is 24.8 Å². The predicted octanol–water partition coefficient (Wildman–Crippen LogP) is 3.40. The highest BCUT2D eigenvalue weighted by Gasteiger charge is 2.37. The Morgan fingerprint density at radius 1 is 1.29 bits per heavy atom. The van der Waals surface area contributed by atoms with E-state index in [0.29, 0.717) is 5.75 Å². The average Bonchev–Trinajstić information content (AvgIpc) is 2.86. The third kappa shape index (κ3) is 3.57. The number of pyridine rings is 1. The molecule has 24 heavy (non-hydrogen) atoms. The first-order valence-corrected chi connectivity index (χ1v) is 9.32. The van der Waals surface area contributed by atoms with Gasteiger partial charge in [0.2, 0.25) is 5.91 Å². The summed E-state index contributed by atoms with van der Waals surface area (Å²) in [6, 6.07) is 10.2. The van der Waals surface area contributed by atoms with Crippen LogP contribution >= 0.6 is 11.8 Å². The van der Waals surface area contributed by atoms with Gasteiger partial charge in [-0.15, -0.1) is 11.8 Å². The van der Waals surface area contributed by atoms with Gasteiger partial charge in [0, 0.05) is 24.7 Å². The molecule has 0 spiro atoms. The lowest BCUT2D eigenvalue weighted by Gasteiger charge is -2.35. The summed E-state index contributed by atoms with van der Waals surface area (Å²) in [7, 11) is 4.16. The Hall–Kier alpha value is -1.59. The molecule has 0 radical (unpaired) electrons. The lowest BCUT2D eigenvalue weighted by atomic mass is 9.91. The summed E-state index contributed by atoms with van der Waals surface area (Å²) < 4.78 is 0. The van der Waals surface area contributed by atoms with E-state index in [0.717, 1.165) is 24.0 Å². The molecule has 1 aliphatic heterocycles. The standard InChI is InChI=1S/C19H25N3OS/c1-19(2,12-21(3)4)13-22-17(23)11-24-18(22)15-9-10-20-16-8-6-5-7-14(15)16/h5-10,18H,11-13H2,1-4H3. The Kier molecular flexibility index (Phi) is 4.83. The summed E-state index contributed by atoms with van der Waals surface area (Å²) in [5.41, 5.74) is 2.23. The van der Waals surface area contributed by atoms with Crippen LogP contribution in [0.2, 0.25) is 0 Å². The van der Waals surface area contributed by atoms with E-state index < -0.39 is 0 Å². The van der Waals surface area contributed by atoms with Crippen molar-refractivity contribution in [1.82, 2.24) is 14.8 Å². The summed E-state index contributed by atoms with van der Waals surface area (Å²) in [4.78, 5) is 21.2. The number of amides is 1. The Morgan fingerprint density at radius 3 is 2.79 bits per heavy atom. The third-order valence-corrected chi connectivity index (χ3v) is 5.50. The van der Waals surface area contributed by atoms with Crippen LogP contribution in [0, 0.1) is 5.41 Å². The molecule has 0 bridgehead atoms. The molecule has 128 valence electrons. The molecule has 5 heteroatoms. The van der Waals surface area contributed by atoms with Gasteiger partial charge in [-0.1, -0.05) is 32.0 Å². The average molecular weight is 343 g/mol. The van der Waals surface area contributed by atoms with Gasteiger partial charge in [-0.05, 0) is 37.2 Å². The van der Waals surface area contributed by atoms with E-state index in [9.17, 15) is 4.79 Å². The van der Waals surface area contributed by atoms with Crippen molar-refractivity contribution in [2.45, 2.75) is 19.2 Å². The smallest absolute Gasteiger partial charge is 0.233 e. The number of fused-ring (bicyclic) bond motifs is 1. The van der Waals surface area contributed by atoms with Crippen molar-refractivity contribution >= 4 is 28.6 Å². The molecule has 1 amide bonds. The maximum absolute atomic E-state index is 12.5. The maximum Gasteiger partial charge on any atom is 0.233 e. The number of benzene rings is 1. The van der Waals surface area contributed by atoms with Gasteiger partial charge >= 0.3 is 0 Å². The van der Waals surface area contributed by atoms with E-state index in [2.05, 4.69) is 54.9 Å². The number of hydrogen-bond donors (Lipinski definition) is 0. The summed E-state index contributed by atoms with van der Waals surface area (Å²) in [6.07, 6.45) is 1.85. The van der Waals surface area contributed by atoms with Gasteiger partial charge in [0.25, 0.3) is 0 Å². The van der Waals surface area contributed by atoms with E-state index in [1.807, 2.05) is 24.4 Å². The second kappa shape index (κ2) is 6.73. The van der Waals surface area contributed by atoms with E-state index in [1.165, 1.54) is 5.56 Å². The zero-order chi connectivity index (χ0) is 17.3. The van der Waals surface area contributed by atoms with Gasteiger partial charge in [-0.25, -0.2) is 0 Å². The Labute approximate surface area is 148 Å². The number of carbonyl (C=O) groups excluding carboxylic acids is 1. The molecule has 4 nitrogen and oxygen atoms in total. The van der Waals surface area contributed by atoms with E-state index in [1.54, 1.807) is 11.8 Å². The minimum Gasteiger partial charge on any atom is -0.325 e. The predicted molar refractivity (Wildman–Crippen MR) is 101 cm³/mol. The van der Waals surface area contributed by atoms with Crippen LogP contribution in [0.15, 0.2) is 36.5 Å². The fourth-order valence-corrected chi connectivity index (χ4v) is 4.81. The molecule has 0 aliphatic carbocycles. The summed E-state index contributed by atoms with van der Waals surface area (Å²) in [6.45, 7) is 6.17. The lowest BCUT2D eigenvalue weighted by Crippen LogP contribution is -2.41. The zero-order valence-corrected chi connectivity index (χ0v) is 15.6. The Bertz CT molecular complexity index is 739. The van der Waals surface area contributed by atoms with Crippen molar-refractivity contribution < 1.29 is 4.79 Å². The highest BCUT2D eigenvalue weighted by atomic mass is 32.2. The number of rotatable bonds is 5. The normalized spacial score (nSPS) is 18.8. The number of nitrogens with zero attached hydrogens (tertiary/aromatic N) is 3. The van der Waals surface area contributed by atoms with Crippen molar-refractivity contribution in [2.24, 2.45) is 5.41 Å². The molecule has 1 saturated heterocycles. The molecule has 1 atom stereocenters. The highest BCUT2D eigenvalue weighted by molar-refractivity contribution is 8.00. The molecule has 3 rings (SSSR count). The number of aromatic nitrogens is 1. The fourth-order valence-electron chi connectivity index (χ4n) is 3.58. The summed E-state index contributed by atoms with van der Waals surface area (Å²) >= 11 is 1.72. The van der Waals surface area contributed by atoms with Crippen molar-refractivity contribution in [3.05, 3.63) is 42.1 Å². The molecule has 0 saturated carbocycles. The molecule has 2 heterocycles. The minimum atomic E-state index is 0.0468. The van der Waals surface area contributed by atoms with Crippen LogP contribution in [-0.4, -0.2) is 53.6 Å². The van der Waals surface area contributed by atoms with Crippen LogP contribution in [0.5, 0.6) is 0 Å². The zero-order valence-electron chi connectivity index (χ0n) is 14.8. The molecule has 1 aromatic carbocycles. The summed E-state index contributed by atoms with van der Waals surface area (Å²) in [5, 5.41) is 1.22. The molecular weight excluding hydrogens is 318 g/mol. The van der Waals surface area contributed by atoms with Crippen molar-refractivity contribution in [3.63, 3.8) is 0 Å². The molecule has 1 fully saturated rings. The first-order chi connectivity index (χ1) is 11.4. The highest BCUT2D eigenvalue weighted by Crippen LogP contribution is 2.42. The van der Waals surface area contributed by atoms with Gasteiger partial charge in [0.05, 0.1) is 11.3 Å². The quantitative estimate of drug-likeness (QED) is 0.834. The monoisotopic (exact) mass is 343 g/mol. The topological polar surface area (TPSA) is 36.4 Å². The SMILES string of the molecule is CN(C)CC(C)(C)CN1C(=O)CSC1c1ccnc2ccccc12. The first-order valence-electron chi connectivity index (χ1n) is 8.27. The van der Waals surface area contributed by atoms with Gasteiger partial charge < -0.3 is 9.80 Å². The van der Waals surface area contributed by atoms with E-state index in [4.69, 9.17) is 0 Å². The minimum absolute atomic E-state index is 0.0468. The lowest BCUT2D eigenvalue weighted by molar-refractivity contribution is -0.129. The molecule has 1 unspecified atom stereocenters. The van der Waals surface area contributed by atoms with Gasteiger partial charge in [0.15, 0.2) is 0 Å². The van der Waals surface area contributed by atoms with Gasteiger partial charge in [-0.2, -0.15) is 0 Å². The van der Waals surface area contributed by atoms with Gasteiger partial charge in [-0.3, -0.25) is 9.78 Å². The Morgan fingerprint density at radius 2 is 2.04 bits per heavy atom. The second-order valence-electron chi connectivity index (χ2n) is 7.50. The van der Waals surface area contributed by atoms with Crippen LogP contribution < -0.4 is 0 Å². The van der Waals surface area contributed by atoms with E-state index >= 15 is 0 Å². The first kappa shape index (κ1) is 17.2.